The number of methoxy groups -OCH3 is 1. The highest BCUT2D eigenvalue weighted by Gasteiger charge is 2.32. The molecule has 0 aromatic carbocycles. The monoisotopic (exact) mass is 313 g/mol. The van der Waals surface area contributed by atoms with Gasteiger partial charge in [0.05, 0.1) is 17.7 Å². The van der Waals surface area contributed by atoms with Crippen molar-refractivity contribution in [3.05, 3.63) is 42.4 Å². The van der Waals surface area contributed by atoms with Crippen LogP contribution >= 0.6 is 0 Å². The van der Waals surface area contributed by atoms with E-state index in [9.17, 15) is 4.79 Å². The van der Waals surface area contributed by atoms with Gasteiger partial charge in [-0.3, -0.25) is 9.78 Å². The maximum Gasteiger partial charge on any atom is 0.254 e. The number of likely N-dealkylation sites (tertiary alicyclic amines) is 1. The van der Waals surface area contributed by atoms with Gasteiger partial charge >= 0.3 is 0 Å². The zero-order valence-electron chi connectivity index (χ0n) is 13.1. The van der Waals surface area contributed by atoms with E-state index >= 15 is 0 Å². The number of nitrogens with zero attached hydrogens (tertiary/aromatic N) is 4. The summed E-state index contributed by atoms with van der Waals surface area (Å²) in [6, 6.07) is 5.49. The van der Waals surface area contributed by atoms with E-state index in [1.54, 1.807) is 13.3 Å². The van der Waals surface area contributed by atoms with Gasteiger partial charge in [0.2, 0.25) is 0 Å². The molecule has 7 heteroatoms. The minimum absolute atomic E-state index is 0.00217. The van der Waals surface area contributed by atoms with Crippen molar-refractivity contribution in [1.82, 2.24) is 25.2 Å². The predicted octanol–water partition coefficient (Wildman–Crippen LogP) is 0.597. The van der Waals surface area contributed by atoms with E-state index < -0.39 is 0 Å². The molecule has 0 bridgehead atoms. The van der Waals surface area contributed by atoms with Gasteiger partial charge in [0.15, 0.2) is 5.82 Å². The van der Waals surface area contributed by atoms with E-state index in [1.807, 2.05) is 25.2 Å². The maximum atomic E-state index is 12.3. The van der Waals surface area contributed by atoms with Gasteiger partial charge < -0.3 is 15.0 Å². The number of amides is 1. The molecule has 3 heterocycles. The van der Waals surface area contributed by atoms with Gasteiger partial charge in [0.1, 0.15) is 5.69 Å². The number of carbonyl (C=O) groups is 1. The summed E-state index contributed by atoms with van der Waals surface area (Å²) in [7, 11) is 3.66. The largest absolute Gasteiger partial charge is 0.378 e. The second-order valence-corrected chi connectivity index (χ2v) is 5.59. The lowest BCUT2D eigenvalue weighted by Crippen LogP contribution is -2.43. The third kappa shape index (κ3) is 3.52. The van der Waals surface area contributed by atoms with Crippen molar-refractivity contribution in [3.8, 4) is 11.5 Å². The lowest BCUT2D eigenvalue weighted by molar-refractivity contribution is 0.0765. The third-order valence-electron chi connectivity index (χ3n) is 3.88. The Morgan fingerprint density at radius 2 is 2.04 bits per heavy atom. The molecule has 0 unspecified atom stereocenters. The van der Waals surface area contributed by atoms with Crippen molar-refractivity contribution >= 4 is 5.91 Å². The van der Waals surface area contributed by atoms with Gasteiger partial charge in [-0.2, -0.15) is 0 Å². The molecule has 1 aliphatic heterocycles. The molecule has 1 fully saturated rings. The fourth-order valence-corrected chi connectivity index (χ4v) is 2.66. The lowest BCUT2D eigenvalue weighted by atomic mass is 10.2. The van der Waals surface area contributed by atoms with Gasteiger partial charge in [-0.25, -0.2) is 9.97 Å². The molecule has 2 atom stereocenters. The molecule has 1 saturated heterocycles. The minimum atomic E-state index is -0.195. The summed E-state index contributed by atoms with van der Waals surface area (Å²) in [6.07, 6.45) is 4.72. The summed E-state index contributed by atoms with van der Waals surface area (Å²) in [5.41, 5.74) is 1.10. The highest BCUT2D eigenvalue weighted by Crippen LogP contribution is 2.13. The second kappa shape index (κ2) is 6.80. The summed E-state index contributed by atoms with van der Waals surface area (Å²) in [5, 5.41) is 2.98. The number of hydrogen-bond acceptors (Lipinski definition) is 6. The van der Waals surface area contributed by atoms with Gasteiger partial charge in [-0.05, 0) is 19.2 Å². The lowest BCUT2D eigenvalue weighted by Gasteiger charge is -2.18. The molecule has 0 spiro atoms. The Hall–Kier alpha value is -2.38. The zero-order valence-corrected chi connectivity index (χ0v) is 13.1. The van der Waals surface area contributed by atoms with Crippen LogP contribution in [0.25, 0.3) is 11.5 Å². The summed E-state index contributed by atoms with van der Waals surface area (Å²) in [6.45, 7) is 1.56. The van der Waals surface area contributed by atoms with Crippen LogP contribution in [0, 0.1) is 0 Å². The molecule has 2 aromatic rings. The van der Waals surface area contributed by atoms with Crippen molar-refractivity contribution in [2.45, 2.75) is 12.1 Å². The first-order valence-corrected chi connectivity index (χ1v) is 7.43. The van der Waals surface area contributed by atoms with Crippen LogP contribution in [0.3, 0.4) is 0 Å². The standard InChI is InChI=1S/C16H19N5O2/c1-21-9-13(14(10-21)23-2)20-16(22)11-7-18-15(19-8-11)12-5-3-4-6-17-12/h3-8,13-14H,9-10H2,1-2H3,(H,20,22)/t13-,14-/m0/s1. The van der Waals surface area contributed by atoms with Crippen LogP contribution in [-0.2, 0) is 4.74 Å². The van der Waals surface area contributed by atoms with Crippen molar-refractivity contribution in [2.75, 3.05) is 27.2 Å². The third-order valence-corrected chi connectivity index (χ3v) is 3.88. The molecule has 23 heavy (non-hydrogen) atoms. The van der Waals surface area contributed by atoms with E-state index in [0.717, 1.165) is 13.1 Å². The molecule has 0 radical (unpaired) electrons. The molecule has 120 valence electrons. The van der Waals surface area contributed by atoms with Gasteiger partial charge in [-0.15, -0.1) is 0 Å². The fourth-order valence-electron chi connectivity index (χ4n) is 2.66. The van der Waals surface area contributed by atoms with Crippen LogP contribution in [0.4, 0.5) is 0 Å². The van der Waals surface area contributed by atoms with Gasteiger partial charge in [0, 0.05) is 38.8 Å². The van der Waals surface area contributed by atoms with Crippen LogP contribution in [-0.4, -0.2) is 65.2 Å². The highest BCUT2D eigenvalue weighted by molar-refractivity contribution is 5.94. The van der Waals surface area contributed by atoms with Crippen molar-refractivity contribution in [3.63, 3.8) is 0 Å². The molecule has 1 aliphatic rings. The number of likely N-dealkylation sites (N-methyl/N-ethyl adjacent to an activating group) is 1. The summed E-state index contributed by atoms with van der Waals surface area (Å²) < 4.78 is 5.41. The van der Waals surface area contributed by atoms with E-state index in [1.165, 1.54) is 12.4 Å². The smallest absolute Gasteiger partial charge is 0.254 e. The average Bonchev–Trinajstić information content (AvgIpc) is 2.95. The molecular weight excluding hydrogens is 294 g/mol. The first-order chi connectivity index (χ1) is 11.2. The van der Waals surface area contributed by atoms with Gasteiger partial charge in [0.25, 0.3) is 5.91 Å². The molecule has 2 aromatic heterocycles. The summed E-state index contributed by atoms with van der Waals surface area (Å²) in [4.78, 5) is 27.1. The Kier molecular flexibility index (Phi) is 4.59. The van der Waals surface area contributed by atoms with Crippen LogP contribution in [0.5, 0.6) is 0 Å². The Morgan fingerprint density at radius 3 is 2.70 bits per heavy atom. The molecule has 0 saturated carbocycles. The number of rotatable bonds is 4. The van der Waals surface area contributed by atoms with Crippen molar-refractivity contribution in [2.24, 2.45) is 0 Å². The summed E-state index contributed by atoms with van der Waals surface area (Å²) >= 11 is 0. The van der Waals surface area contributed by atoms with Crippen LogP contribution in [0.15, 0.2) is 36.8 Å². The number of hydrogen-bond donors (Lipinski definition) is 1. The normalized spacial score (nSPS) is 21.3. The maximum absolute atomic E-state index is 12.3. The predicted molar refractivity (Wildman–Crippen MR) is 84.8 cm³/mol. The van der Waals surface area contributed by atoms with Crippen molar-refractivity contribution in [1.29, 1.82) is 0 Å². The number of nitrogens with one attached hydrogen (secondary N) is 1. The minimum Gasteiger partial charge on any atom is -0.378 e. The molecule has 3 rings (SSSR count). The Labute approximate surface area is 134 Å². The topological polar surface area (TPSA) is 80.2 Å². The Morgan fingerprint density at radius 1 is 1.26 bits per heavy atom. The van der Waals surface area contributed by atoms with E-state index in [4.69, 9.17) is 4.74 Å². The average molecular weight is 313 g/mol. The number of pyridine rings is 1. The van der Waals surface area contributed by atoms with E-state index in [2.05, 4.69) is 25.2 Å². The number of carbonyl (C=O) groups excluding carboxylic acids is 1. The highest BCUT2D eigenvalue weighted by atomic mass is 16.5. The van der Waals surface area contributed by atoms with E-state index in [0.29, 0.717) is 17.1 Å². The van der Waals surface area contributed by atoms with Crippen LogP contribution < -0.4 is 5.32 Å². The summed E-state index contributed by atoms with van der Waals surface area (Å²) in [5.74, 6) is 0.303. The molecular formula is C16H19N5O2. The fraction of sp³-hybridized carbons (Fsp3) is 0.375. The quantitative estimate of drug-likeness (QED) is 0.890. The van der Waals surface area contributed by atoms with Crippen LogP contribution in [0.2, 0.25) is 0 Å². The number of aromatic nitrogens is 3. The zero-order chi connectivity index (χ0) is 16.2. The Bertz CT molecular complexity index is 662. The molecule has 1 N–H and O–H groups in total. The molecule has 7 nitrogen and oxygen atoms in total. The van der Waals surface area contributed by atoms with E-state index in [-0.39, 0.29) is 18.1 Å². The first kappa shape index (κ1) is 15.5. The second-order valence-electron chi connectivity index (χ2n) is 5.59. The van der Waals surface area contributed by atoms with Gasteiger partial charge in [-0.1, -0.05) is 6.07 Å². The Balaban J connectivity index is 1.68. The van der Waals surface area contributed by atoms with Crippen molar-refractivity contribution < 1.29 is 9.53 Å². The molecule has 1 amide bonds. The molecule has 0 aliphatic carbocycles. The SMILES string of the molecule is CO[C@H]1CN(C)C[C@@H]1NC(=O)c1cnc(-c2ccccn2)nc1. The van der Waals surface area contributed by atoms with Crippen LogP contribution in [0.1, 0.15) is 10.4 Å². The number of ether oxygens (including phenoxy) is 1. The first-order valence-electron chi connectivity index (χ1n) is 7.43.